The molecule has 1 aromatic carbocycles. The van der Waals surface area contributed by atoms with Gasteiger partial charge < -0.3 is 14.6 Å². The minimum absolute atomic E-state index is 0.0392. The van der Waals surface area contributed by atoms with Crippen LogP contribution in [0.5, 0.6) is 0 Å². The second-order valence-corrected chi connectivity index (χ2v) is 8.61. The van der Waals surface area contributed by atoms with Crippen LogP contribution in [-0.2, 0) is 4.74 Å². The third-order valence-electron chi connectivity index (χ3n) is 6.05. The Labute approximate surface area is 179 Å². The van der Waals surface area contributed by atoms with Crippen molar-refractivity contribution in [3.05, 3.63) is 34.7 Å². The first-order valence-electron chi connectivity index (χ1n) is 11.3. The monoisotopic (exact) mass is 416 g/mol. The highest BCUT2D eigenvalue weighted by atomic mass is 16.6. The number of benzene rings is 1. The van der Waals surface area contributed by atoms with Crippen molar-refractivity contribution in [2.45, 2.75) is 71.6 Å². The van der Waals surface area contributed by atoms with Crippen molar-refractivity contribution in [2.24, 2.45) is 0 Å². The molecule has 1 aliphatic rings. The summed E-state index contributed by atoms with van der Waals surface area (Å²) in [6.07, 6.45) is 3.78. The quantitative estimate of drug-likeness (QED) is 0.706. The van der Waals surface area contributed by atoms with E-state index in [1.54, 1.807) is 0 Å². The van der Waals surface area contributed by atoms with E-state index in [0.717, 1.165) is 62.9 Å². The van der Waals surface area contributed by atoms with E-state index in [9.17, 15) is 9.59 Å². The molecule has 0 saturated carbocycles. The maximum absolute atomic E-state index is 12.4. The van der Waals surface area contributed by atoms with Crippen molar-refractivity contribution < 1.29 is 9.53 Å². The molecule has 2 atom stereocenters. The highest BCUT2D eigenvalue weighted by molar-refractivity contribution is 5.75. The predicted octanol–water partition coefficient (Wildman–Crippen LogP) is 4.00. The van der Waals surface area contributed by atoms with E-state index in [2.05, 4.69) is 23.7 Å². The molecular formula is C23H36N4O3. The fourth-order valence-electron chi connectivity index (χ4n) is 4.52. The fraction of sp³-hybridized carbons (Fsp3) is 0.652. The van der Waals surface area contributed by atoms with Gasteiger partial charge in [0.2, 0.25) is 0 Å². The average molecular weight is 417 g/mol. The van der Waals surface area contributed by atoms with Crippen LogP contribution in [0, 0.1) is 0 Å². The van der Waals surface area contributed by atoms with E-state index in [1.165, 1.54) is 0 Å². The van der Waals surface area contributed by atoms with Crippen molar-refractivity contribution in [3.63, 3.8) is 0 Å². The molecule has 1 saturated heterocycles. The topological polar surface area (TPSA) is 70.6 Å². The largest absolute Gasteiger partial charge is 0.447 e. The van der Waals surface area contributed by atoms with E-state index < -0.39 is 0 Å². The molecule has 2 unspecified atom stereocenters. The number of para-hydroxylation sites is 2. The molecule has 2 heterocycles. The maximum Gasteiger partial charge on any atom is 0.410 e. The number of nitrogens with one attached hydrogen (secondary N) is 1. The molecule has 1 N–H and O–H groups in total. The predicted molar refractivity (Wildman–Crippen MR) is 120 cm³/mol. The molecule has 1 fully saturated rings. The zero-order valence-corrected chi connectivity index (χ0v) is 18.8. The number of likely N-dealkylation sites (N-methyl/N-ethyl adjacent to an activating group) is 1. The first kappa shape index (κ1) is 22.4. The number of carbonyl (C=O) groups is 1. The number of hydrogen-bond donors (Lipinski definition) is 1. The SMILES string of the molecule is CCN(CCCC(C)n1c(=O)[nH]c2ccccc21)C1CCCN(C(=O)OC(C)C)C1. The van der Waals surface area contributed by atoms with Gasteiger partial charge in [0, 0.05) is 25.2 Å². The van der Waals surface area contributed by atoms with Gasteiger partial charge in [-0.2, -0.15) is 0 Å². The third kappa shape index (κ3) is 5.25. The van der Waals surface area contributed by atoms with Gasteiger partial charge in [0.25, 0.3) is 0 Å². The number of piperidine rings is 1. The number of rotatable bonds is 8. The van der Waals surface area contributed by atoms with Gasteiger partial charge in [-0.25, -0.2) is 9.59 Å². The molecule has 30 heavy (non-hydrogen) atoms. The molecule has 1 aromatic heterocycles. The van der Waals surface area contributed by atoms with Gasteiger partial charge >= 0.3 is 11.8 Å². The van der Waals surface area contributed by atoms with Gasteiger partial charge in [-0.05, 0) is 71.7 Å². The van der Waals surface area contributed by atoms with Crippen molar-refractivity contribution in [2.75, 3.05) is 26.2 Å². The first-order chi connectivity index (χ1) is 14.4. The van der Waals surface area contributed by atoms with Crippen molar-refractivity contribution in [3.8, 4) is 0 Å². The molecule has 166 valence electrons. The second kappa shape index (κ2) is 10.2. The minimum Gasteiger partial charge on any atom is -0.447 e. The number of ether oxygens (including phenoxy) is 1. The summed E-state index contributed by atoms with van der Waals surface area (Å²) < 4.78 is 7.26. The van der Waals surface area contributed by atoms with Gasteiger partial charge in [-0.1, -0.05) is 19.1 Å². The smallest absolute Gasteiger partial charge is 0.410 e. The summed E-state index contributed by atoms with van der Waals surface area (Å²) in [7, 11) is 0. The van der Waals surface area contributed by atoms with Crippen molar-refractivity contribution in [1.82, 2.24) is 19.4 Å². The number of fused-ring (bicyclic) bond motifs is 1. The summed E-state index contributed by atoms with van der Waals surface area (Å²) in [4.78, 5) is 32.0. The zero-order valence-electron chi connectivity index (χ0n) is 18.8. The highest BCUT2D eigenvalue weighted by Crippen LogP contribution is 2.21. The third-order valence-corrected chi connectivity index (χ3v) is 6.05. The van der Waals surface area contributed by atoms with E-state index in [0.29, 0.717) is 6.04 Å². The summed E-state index contributed by atoms with van der Waals surface area (Å²) >= 11 is 0. The van der Waals surface area contributed by atoms with Gasteiger partial charge in [0.15, 0.2) is 0 Å². The fourth-order valence-corrected chi connectivity index (χ4v) is 4.52. The molecule has 2 aromatic rings. The van der Waals surface area contributed by atoms with Crippen LogP contribution in [0.4, 0.5) is 4.79 Å². The number of nitrogens with zero attached hydrogens (tertiary/aromatic N) is 3. The van der Waals surface area contributed by atoms with E-state index >= 15 is 0 Å². The zero-order chi connectivity index (χ0) is 21.7. The van der Waals surface area contributed by atoms with Crippen LogP contribution < -0.4 is 5.69 Å². The average Bonchev–Trinajstić information content (AvgIpc) is 3.06. The lowest BCUT2D eigenvalue weighted by atomic mass is 10.0. The number of hydrogen-bond acceptors (Lipinski definition) is 4. The number of amides is 1. The molecule has 0 radical (unpaired) electrons. The Morgan fingerprint density at radius 3 is 2.80 bits per heavy atom. The number of likely N-dealkylation sites (tertiary alicyclic amines) is 1. The van der Waals surface area contributed by atoms with E-state index in [-0.39, 0.29) is 23.9 Å². The second-order valence-electron chi connectivity index (χ2n) is 8.61. The Bertz CT molecular complexity index is 888. The standard InChI is InChI=1S/C23H36N4O3/c1-5-25(19-11-9-15-26(16-19)23(29)30-17(2)3)14-8-10-18(4)27-21-13-7-6-12-20(21)24-22(27)28/h6-7,12-13,17-19H,5,8-11,14-16H2,1-4H3,(H,24,28). The lowest BCUT2D eigenvalue weighted by Crippen LogP contribution is -2.50. The number of carbonyl (C=O) groups excluding carboxylic acids is 1. The minimum atomic E-state index is -0.196. The van der Waals surface area contributed by atoms with Crippen LogP contribution in [-0.4, -0.2) is 63.8 Å². The Morgan fingerprint density at radius 1 is 1.30 bits per heavy atom. The summed E-state index contributed by atoms with van der Waals surface area (Å²) in [5, 5.41) is 0. The summed E-state index contributed by atoms with van der Waals surface area (Å²) in [6, 6.07) is 8.35. The normalized spacial score (nSPS) is 18.3. The summed E-state index contributed by atoms with van der Waals surface area (Å²) in [5.74, 6) is 0. The summed E-state index contributed by atoms with van der Waals surface area (Å²) in [6.45, 7) is 11.5. The van der Waals surface area contributed by atoms with Crippen LogP contribution in [0.1, 0.15) is 59.4 Å². The molecule has 0 bridgehead atoms. The highest BCUT2D eigenvalue weighted by Gasteiger charge is 2.28. The Balaban J connectivity index is 1.55. The van der Waals surface area contributed by atoms with Crippen molar-refractivity contribution >= 4 is 17.1 Å². The lowest BCUT2D eigenvalue weighted by Gasteiger charge is -2.38. The number of H-pyrrole nitrogens is 1. The van der Waals surface area contributed by atoms with E-state index in [1.807, 2.05) is 47.6 Å². The number of aromatic nitrogens is 2. The Morgan fingerprint density at radius 2 is 2.07 bits per heavy atom. The van der Waals surface area contributed by atoms with E-state index in [4.69, 9.17) is 4.74 Å². The first-order valence-corrected chi connectivity index (χ1v) is 11.3. The van der Waals surface area contributed by atoms with Gasteiger partial charge in [-0.3, -0.25) is 9.47 Å². The maximum atomic E-state index is 12.4. The van der Waals surface area contributed by atoms with Crippen LogP contribution in [0.25, 0.3) is 11.0 Å². The van der Waals surface area contributed by atoms with Gasteiger partial charge in [0.05, 0.1) is 17.1 Å². The molecular weight excluding hydrogens is 380 g/mol. The van der Waals surface area contributed by atoms with Crippen LogP contribution in [0.2, 0.25) is 0 Å². The Kier molecular flexibility index (Phi) is 7.58. The van der Waals surface area contributed by atoms with Gasteiger partial charge in [-0.15, -0.1) is 0 Å². The van der Waals surface area contributed by atoms with Crippen LogP contribution >= 0.6 is 0 Å². The molecule has 0 aliphatic carbocycles. The molecule has 1 amide bonds. The molecule has 7 heteroatoms. The lowest BCUT2D eigenvalue weighted by molar-refractivity contribution is 0.0491. The summed E-state index contributed by atoms with van der Waals surface area (Å²) in [5.41, 5.74) is 1.82. The van der Waals surface area contributed by atoms with Crippen LogP contribution in [0.15, 0.2) is 29.1 Å². The van der Waals surface area contributed by atoms with Crippen LogP contribution in [0.3, 0.4) is 0 Å². The number of imidazole rings is 1. The Hall–Kier alpha value is -2.28. The molecule has 0 spiro atoms. The van der Waals surface area contributed by atoms with Gasteiger partial charge in [0.1, 0.15) is 0 Å². The molecule has 3 rings (SSSR count). The number of aromatic amines is 1. The molecule has 7 nitrogen and oxygen atoms in total. The molecule has 1 aliphatic heterocycles. The van der Waals surface area contributed by atoms with Crippen molar-refractivity contribution in [1.29, 1.82) is 0 Å².